The molecule has 2 aliphatic heterocycles. The van der Waals surface area contributed by atoms with Gasteiger partial charge in [-0.2, -0.15) is 0 Å². The van der Waals surface area contributed by atoms with Gasteiger partial charge in [0.25, 0.3) is 0 Å². The van der Waals surface area contributed by atoms with E-state index in [1.165, 1.54) is 43.6 Å². The molecular weight excluding hydrogens is 220 g/mol. The lowest BCUT2D eigenvalue weighted by molar-refractivity contribution is 0.227. The molecule has 0 bridgehead atoms. The van der Waals surface area contributed by atoms with Crippen LogP contribution in [0.4, 0.5) is 0 Å². The summed E-state index contributed by atoms with van der Waals surface area (Å²) in [4.78, 5) is 0. The van der Waals surface area contributed by atoms with Gasteiger partial charge in [-0.25, -0.2) is 0 Å². The summed E-state index contributed by atoms with van der Waals surface area (Å²) in [6.45, 7) is 0. The molecule has 0 N–H and O–H groups in total. The molecule has 2 heteroatoms. The molecule has 3 rings (SSSR count). The Bertz CT molecular complexity index is 221. The van der Waals surface area contributed by atoms with Crippen LogP contribution in [-0.4, -0.2) is 15.6 Å². The molecular formula is C13H22S2. The Balaban J connectivity index is 1.68. The zero-order valence-electron chi connectivity index (χ0n) is 9.54. The third kappa shape index (κ3) is 2.22. The zero-order valence-corrected chi connectivity index (χ0v) is 11.2. The summed E-state index contributed by atoms with van der Waals surface area (Å²) >= 11 is 4.64. The predicted molar refractivity (Wildman–Crippen MR) is 71.6 cm³/mol. The molecule has 1 saturated carbocycles. The average molecular weight is 242 g/mol. The van der Waals surface area contributed by atoms with Gasteiger partial charge in [0.2, 0.25) is 0 Å². The molecule has 2 heterocycles. The second kappa shape index (κ2) is 4.52. The van der Waals surface area contributed by atoms with Crippen molar-refractivity contribution in [2.45, 2.75) is 55.4 Å². The molecule has 1 spiro atoms. The van der Waals surface area contributed by atoms with Gasteiger partial charge in [0.1, 0.15) is 0 Å². The lowest BCUT2D eigenvalue weighted by Gasteiger charge is -2.47. The maximum Gasteiger partial charge on any atom is 0.0613 e. The van der Waals surface area contributed by atoms with Crippen LogP contribution in [0.2, 0.25) is 0 Å². The number of fused-ring (bicyclic) bond motifs is 1. The van der Waals surface area contributed by atoms with Gasteiger partial charge in [0.05, 0.1) is 4.08 Å². The minimum atomic E-state index is 0.677. The Morgan fingerprint density at radius 2 is 1.73 bits per heavy atom. The topological polar surface area (TPSA) is 0 Å². The Hall–Kier alpha value is 0.700. The van der Waals surface area contributed by atoms with E-state index in [2.05, 4.69) is 23.5 Å². The zero-order chi connectivity index (χ0) is 10.1. The van der Waals surface area contributed by atoms with E-state index in [9.17, 15) is 0 Å². The molecule has 2 saturated heterocycles. The highest BCUT2D eigenvalue weighted by molar-refractivity contribution is 8.18. The lowest BCUT2D eigenvalue weighted by atomic mass is 9.77. The van der Waals surface area contributed by atoms with Crippen LogP contribution in [0, 0.1) is 11.8 Å². The van der Waals surface area contributed by atoms with Gasteiger partial charge in [-0.1, -0.05) is 25.7 Å². The van der Waals surface area contributed by atoms with Gasteiger partial charge in [0.15, 0.2) is 0 Å². The van der Waals surface area contributed by atoms with Gasteiger partial charge in [0, 0.05) is 0 Å². The first-order valence-corrected chi connectivity index (χ1v) is 8.63. The highest BCUT2D eigenvalue weighted by Gasteiger charge is 2.43. The van der Waals surface area contributed by atoms with E-state index < -0.39 is 0 Å². The van der Waals surface area contributed by atoms with Gasteiger partial charge in [-0.3, -0.25) is 0 Å². The molecule has 3 fully saturated rings. The number of hydrogen-bond donors (Lipinski definition) is 0. The van der Waals surface area contributed by atoms with Crippen LogP contribution in [0.25, 0.3) is 0 Å². The smallest absolute Gasteiger partial charge is 0.0613 e. The van der Waals surface area contributed by atoms with Crippen LogP contribution in [0.3, 0.4) is 0 Å². The first-order chi connectivity index (χ1) is 7.38. The highest BCUT2D eigenvalue weighted by Crippen LogP contribution is 2.56. The van der Waals surface area contributed by atoms with Crippen molar-refractivity contribution in [3.63, 3.8) is 0 Å². The summed E-state index contributed by atoms with van der Waals surface area (Å²) in [6.07, 6.45) is 12.2. The molecule has 0 aromatic heterocycles. The minimum absolute atomic E-state index is 0.677. The fourth-order valence-corrected chi connectivity index (χ4v) is 7.30. The third-order valence-electron chi connectivity index (χ3n) is 4.52. The lowest BCUT2D eigenvalue weighted by Crippen LogP contribution is -2.38. The van der Waals surface area contributed by atoms with Crippen molar-refractivity contribution in [3.05, 3.63) is 0 Å². The number of thioether (sulfide) groups is 2. The van der Waals surface area contributed by atoms with Crippen LogP contribution in [0.1, 0.15) is 51.4 Å². The van der Waals surface area contributed by atoms with Crippen molar-refractivity contribution < 1.29 is 0 Å². The van der Waals surface area contributed by atoms with Gasteiger partial charge in [-0.05, 0) is 49.0 Å². The molecule has 0 aromatic carbocycles. The second-order valence-corrected chi connectivity index (χ2v) is 8.68. The van der Waals surface area contributed by atoms with Crippen molar-refractivity contribution in [2.75, 3.05) is 11.5 Å². The standard InChI is InChI=1S/C13H22S2/c1-2-6-12-10-15-13(9-11(12)5-1)7-3-4-8-14-13/h11-12H,1-10H2. The quantitative estimate of drug-likeness (QED) is 0.611. The summed E-state index contributed by atoms with van der Waals surface area (Å²) in [5.74, 6) is 5.12. The first-order valence-electron chi connectivity index (χ1n) is 6.66. The SMILES string of the molecule is C1CCC2(CC3CCCCC3CS2)SC1. The van der Waals surface area contributed by atoms with E-state index in [1.807, 2.05) is 0 Å². The summed E-state index contributed by atoms with van der Waals surface area (Å²) in [5, 5.41) is 0. The van der Waals surface area contributed by atoms with E-state index in [4.69, 9.17) is 0 Å². The van der Waals surface area contributed by atoms with Crippen molar-refractivity contribution >= 4 is 23.5 Å². The minimum Gasteiger partial charge on any atom is -0.144 e. The Morgan fingerprint density at radius 3 is 2.53 bits per heavy atom. The fourth-order valence-electron chi connectivity index (χ4n) is 3.59. The van der Waals surface area contributed by atoms with Gasteiger partial charge in [-0.15, -0.1) is 23.5 Å². The molecule has 0 amide bonds. The normalized spacial score (nSPS) is 46.4. The van der Waals surface area contributed by atoms with Crippen LogP contribution < -0.4 is 0 Å². The van der Waals surface area contributed by atoms with Crippen LogP contribution >= 0.6 is 23.5 Å². The molecule has 15 heavy (non-hydrogen) atoms. The fraction of sp³-hybridized carbons (Fsp3) is 1.00. The Morgan fingerprint density at radius 1 is 0.867 bits per heavy atom. The van der Waals surface area contributed by atoms with Crippen molar-refractivity contribution in [1.82, 2.24) is 0 Å². The van der Waals surface area contributed by atoms with Gasteiger partial charge < -0.3 is 0 Å². The van der Waals surface area contributed by atoms with Crippen LogP contribution in [0.5, 0.6) is 0 Å². The molecule has 1 aliphatic carbocycles. The van der Waals surface area contributed by atoms with E-state index >= 15 is 0 Å². The maximum absolute atomic E-state index is 2.34. The van der Waals surface area contributed by atoms with Crippen molar-refractivity contribution in [2.24, 2.45) is 11.8 Å². The summed E-state index contributed by atoms with van der Waals surface area (Å²) in [6, 6.07) is 0. The molecule has 3 unspecified atom stereocenters. The summed E-state index contributed by atoms with van der Waals surface area (Å²) in [5.41, 5.74) is 0. The second-order valence-electron chi connectivity index (χ2n) is 5.54. The molecule has 0 aromatic rings. The molecule has 0 radical (unpaired) electrons. The summed E-state index contributed by atoms with van der Waals surface area (Å²) in [7, 11) is 0. The van der Waals surface area contributed by atoms with Gasteiger partial charge >= 0.3 is 0 Å². The Kier molecular flexibility index (Phi) is 3.26. The van der Waals surface area contributed by atoms with E-state index in [0.29, 0.717) is 4.08 Å². The number of rotatable bonds is 0. The average Bonchev–Trinajstić information content (AvgIpc) is 2.30. The van der Waals surface area contributed by atoms with Crippen LogP contribution in [-0.2, 0) is 0 Å². The largest absolute Gasteiger partial charge is 0.144 e. The summed E-state index contributed by atoms with van der Waals surface area (Å²) < 4.78 is 0.677. The molecule has 86 valence electrons. The van der Waals surface area contributed by atoms with E-state index in [0.717, 1.165) is 11.8 Å². The van der Waals surface area contributed by atoms with Crippen LogP contribution in [0.15, 0.2) is 0 Å². The predicted octanol–water partition coefficient (Wildman–Crippen LogP) is 4.54. The van der Waals surface area contributed by atoms with Crippen molar-refractivity contribution in [1.29, 1.82) is 0 Å². The van der Waals surface area contributed by atoms with Crippen molar-refractivity contribution in [3.8, 4) is 0 Å². The molecule has 3 atom stereocenters. The maximum atomic E-state index is 2.34. The third-order valence-corrected chi connectivity index (χ3v) is 8.11. The van der Waals surface area contributed by atoms with E-state index in [-0.39, 0.29) is 0 Å². The Labute approximate surface area is 102 Å². The first kappa shape index (κ1) is 10.8. The monoisotopic (exact) mass is 242 g/mol. The highest BCUT2D eigenvalue weighted by atomic mass is 32.2. The molecule has 0 nitrogen and oxygen atoms in total. The number of hydrogen-bond acceptors (Lipinski definition) is 2. The van der Waals surface area contributed by atoms with E-state index in [1.54, 1.807) is 19.3 Å². The molecule has 3 aliphatic rings.